The number of amides is 1. The van der Waals surface area contributed by atoms with E-state index in [-0.39, 0.29) is 17.7 Å². The minimum atomic E-state index is -4.73. The molecule has 1 amide bonds. The van der Waals surface area contributed by atoms with E-state index in [1.54, 1.807) is 4.90 Å². The highest BCUT2D eigenvalue weighted by atomic mass is 19.4. The Bertz CT molecular complexity index is 482. The largest absolute Gasteiger partial charge is 0.573 e. The van der Waals surface area contributed by atoms with Crippen molar-refractivity contribution in [1.29, 1.82) is 0 Å². The lowest BCUT2D eigenvalue weighted by atomic mass is 10.1. The second kappa shape index (κ2) is 6.34. The van der Waals surface area contributed by atoms with E-state index in [9.17, 15) is 18.0 Å². The predicted molar refractivity (Wildman–Crippen MR) is 71.1 cm³/mol. The number of alkyl halides is 3. The fourth-order valence-corrected chi connectivity index (χ4v) is 2.44. The molecule has 1 aliphatic heterocycles. The number of hydrogen-bond acceptors (Lipinski definition) is 3. The third-order valence-electron chi connectivity index (χ3n) is 3.41. The molecular formula is C14H17F3N2O2. The Morgan fingerprint density at radius 1 is 1.38 bits per heavy atom. The lowest BCUT2D eigenvalue weighted by molar-refractivity contribution is -0.274. The molecule has 116 valence electrons. The normalized spacial score (nSPS) is 18.6. The van der Waals surface area contributed by atoms with Crippen LogP contribution in [0.15, 0.2) is 24.3 Å². The molecule has 0 radical (unpaired) electrons. The Morgan fingerprint density at radius 2 is 2.05 bits per heavy atom. The van der Waals surface area contributed by atoms with Gasteiger partial charge in [-0.05, 0) is 44.2 Å². The Kier molecular flexibility index (Phi) is 4.72. The van der Waals surface area contributed by atoms with Crippen LogP contribution in [0.25, 0.3) is 0 Å². The summed E-state index contributed by atoms with van der Waals surface area (Å²) >= 11 is 0. The third kappa shape index (κ3) is 4.10. The zero-order valence-corrected chi connectivity index (χ0v) is 11.6. The molecule has 1 fully saturated rings. The van der Waals surface area contributed by atoms with E-state index >= 15 is 0 Å². The molecule has 1 heterocycles. The molecule has 0 saturated carbocycles. The highest BCUT2D eigenvalue weighted by molar-refractivity contribution is 5.94. The summed E-state index contributed by atoms with van der Waals surface area (Å²) in [6, 6.07) is 5.15. The molecule has 1 N–H and O–H groups in total. The van der Waals surface area contributed by atoms with Crippen molar-refractivity contribution in [1.82, 2.24) is 10.2 Å². The van der Waals surface area contributed by atoms with Gasteiger partial charge >= 0.3 is 6.36 Å². The summed E-state index contributed by atoms with van der Waals surface area (Å²) < 4.78 is 40.0. The number of hydrogen-bond donors (Lipinski definition) is 1. The number of nitrogens with zero attached hydrogens (tertiary/aromatic N) is 1. The van der Waals surface area contributed by atoms with Crippen molar-refractivity contribution in [3.05, 3.63) is 29.8 Å². The number of carbonyl (C=O) groups excluding carboxylic acids is 1. The van der Waals surface area contributed by atoms with Crippen LogP contribution in [-0.4, -0.2) is 42.8 Å². The number of rotatable bonds is 4. The zero-order valence-electron chi connectivity index (χ0n) is 11.6. The van der Waals surface area contributed by atoms with Crippen LogP contribution in [0, 0.1) is 0 Å². The summed E-state index contributed by atoms with van der Waals surface area (Å²) in [6.07, 6.45) is -3.84. The van der Waals surface area contributed by atoms with Gasteiger partial charge in [0.1, 0.15) is 5.75 Å². The van der Waals surface area contributed by atoms with Crippen molar-refractivity contribution in [3.8, 4) is 5.75 Å². The van der Waals surface area contributed by atoms with Crippen LogP contribution < -0.4 is 10.1 Å². The Balaban J connectivity index is 2.08. The number of halogens is 3. The fourth-order valence-electron chi connectivity index (χ4n) is 2.44. The van der Waals surface area contributed by atoms with Gasteiger partial charge in [-0.2, -0.15) is 0 Å². The minimum Gasteiger partial charge on any atom is -0.406 e. The summed E-state index contributed by atoms with van der Waals surface area (Å²) in [4.78, 5) is 14.1. The highest BCUT2D eigenvalue weighted by Gasteiger charge is 2.31. The van der Waals surface area contributed by atoms with E-state index < -0.39 is 6.36 Å². The molecule has 21 heavy (non-hydrogen) atoms. The smallest absolute Gasteiger partial charge is 0.406 e. The molecule has 0 bridgehead atoms. The number of benzene rings is 1. The van der Waals surface area contributed by atoms with Crippen LogP contribution >= 0.6 is 0 Å². The molecule has 1 saturated heterocycles. The van der Waals surface area contributed by atoms with Gasteiger partial charge in [0, 0.05) is 24.7 Å². The Labute approximate surface area is 120 Å². The van der Waals surface area contributed by atoms with Gasteiger partial charge < -0.3 is 15.0 Å². The van der Waals surface area contributed by atoms with Crippen LogP contribution in [0.5, 0.6) is 5.75 Å². The molecule has 0 aliphatic carbocycles. The first-order valence-corrected chi connectivity index (χ1v) is 6.78. The quantitative estimate of drug-likeness (QED) is 0.928. The first-order valence-electron chi connectivity index (χ1n) is 6.78. The van der Waals surface area contributed by atoms with Gasteiger partial charge in [-0.15, -0.1) is 13.2 Å². The standard InChI is InChI=1S/C14H17F3N2O2/c1-2-19(11-7-8-18-9-11)13(20)10-3-5-12(6-4-10)21-14(15,16)17/h3-6,11,18H,2,7-9H2,1H3. The summed E-state index contributed by atoms with van der Waals surface area (Å²) in [6.45, 7) is 4.06. The van der Waals surface area contributed by atoms with Crippen LogP contribution in [-0.2, 0) is 0 Å². The van der Waals surface area contributed by atoms with E-state index in [1.807, 2.05) is 6.92 Å². The molecule has 1 atom stereocenters. The number of ether oxygens (including phenoxy) is 1. The average Bonchev–Trinajstić information content (AvgIpc) is 2.92. The van der Waals surface area contributed by atoms with Crippen molar-refractivity contribution < 1.29 is 22.7 Å². The molecule has 0 spiro atoms. The van der Waals surface area contributed by atoms with Crippen LogP contribution in [0.3, 0.4) is 0 Å². The molecule has 1 aliphatic rings. The highest BCUT2D eigenvalue weighted by Crippen LogP contribution is 2.23. The van der Waals surface area contributed by atoms with E-state index in [4.69, 9.17) is 0 Å². The van der Waals surface area contributed by atoms with Gasteiger partial charge in [0.2, 0.25) is 0 Å². The van der Waals surface area contributed by atoms with E-state index in [0.717, 1.165) is 31.6 Å². The topological polar surface area (TPSA) is 41.6 Å². The van der Waals surface area contributed by atoms with Crippen molar-refractivity contribution in [2.75, 3.05) is 19.6 Å². The van der Waals surface area contributed by atoms with Gasteiger partial charge in [0.15, 0.2) is 0 Å². The minimum absolute atomic E-state index is 0.133. The first-order chi connectivity index (χ1) is 9.90. The molecule has 1 aromatic carbocycles. The predicted octanol–water partition coefficient (Wildman–Crippen LogP) is 2.41. The molecular weight excluding hydrogens is 285 g/mol. The third-order valence-corrected chi connectivity index (χ3v) is 3.41. The average molecular weight is 302 g/mol. The van der Waals surface area contributed by atoms with Gasteiger partial charge in [0.05, 0.1) is 0 Å². The van der Waals surface area contributed by atoms with Crippen molar-refractivity contribution in [2.45, 2.75) is 25.7 Å². The Morgan fingerprint density at radius 3 is 2.52 bits per heavy atom. The van der Waals surface area contributed by atoms with Gasteiger partial charge in [-0.1, -0.05) is 0 Å². The van der Waals surface area contributed by atoms with Crippen LogP contribution in [0.1, 0.15) is 23.7 Å². The number of nitrogens with one attached hydrogen (secondary N) is 1. The Hall–Kier alpha value is -1.76. The van der Waals surface area contributed by atoms with E-state index in [0.29, 0.717) is 12.1 Å². The molecule has 0 aromatic heterocycles. The van der Waals surface area contributed by atoms with Gasteiger partial charge in [-0.3, -0.25) is 4.79 Å². The van der Waals surface area contributed by atoms with Crippen LogP contribution in [0.4, 0.5) is 13.2 Å². The number of likely N-dealkylation sites (N-methyl/N-ethyl adjacent to an activating group) is 1. The van der Waals surface area contributed by atoms with Gasteiger partial charge in [-0.25, -0.2) is 0 Å². The first kappa shape index (κ1) is 15.6. The summed E-state index contributed by atoms with van der Waals surface area (Å²) in [5.74, 6) is -0.505. The van der Waals surface area contributed by atoms with Crippen molar-refractivity contribution in [3.63, 3.8) is 0 Å². The summed E-state index contributed by atoms with van der Waals surface area (Å²) in [7, 11) is 0. The molecule has 1 aromatic rings. The SMILES string of the molecule is CCN(C(=O)c1ccc(OC(F)(F)F)cc1)C1CCNC1. The van der Waals surface area contributed by atoms with E-state index in [1.165, 1.54) is 12.1 Å². The van der Waals surface area contributed by atoms with Crippen LogP contribution in [0.2, 0.25) is 0 Å². The fraction of sp³-hybridized carbons (Fsp3) is 0.500. The molecule has 7 heteroatoms. The lowest BCUT2D eigenvalue weighted by Gasteiger charge is -2.27. The van der Waals surface area contributed by atoms with Gasteiger partial charge in [0.25, 0.3) is 5.91 Å². The summed E-state index contributed by atoms with van der Waals surface area (Å²) in [5, 5.41) is 3.19. The van der Waals surface area contributed by atoms with Crippen molar-refractivity contribution in [2.24, 2.45) is 0 Å². The summed E-state index contributed by atoms with van der Waals surface area (Å²) in [5.41, 5.74) is 0.360. The maximum absolute atomic E-state index is 12.4. The van der Waals surface area contributed by atoms with Crippen molar-refractivity contribution >= 4 is 5.91 Å². The lowest BCUT2D eigenvalue weighted by Crippen LogP contribution is -2.41. The molecule has 2 rings (SSSR count). The van der Waals surface area contributed by atoms with E-state index in [2.05, 4.69) is 10.1 Å². The second-order valence-corrected chi connectivity index (χ2v) is 4.81. The maximum atomic E-state index is 12.4. The monoisotopic (exact) mass is 302 g/mol. The number of carbonyl (C=O) groups is 1. The maximum Gasteiger partial charge on any atom is 0.573 e. The zero-order chi connectivity index (χ0) is 15.5. The second-order valence-electron chi connectivity index (χ2n) is 4.81. The molecule has 4 nitrogen and oxygen atoms in total. The molecule has 1 unspecified atom stereocenters.